The second-order valence-electron chi connectivity index (χ2n) is 5.14. The number of carbonyl (C=O) groups excluding carboxylic acids is 1. The van der Waals surface area contributed by atoms with Gasteiger partial charge < -0.3 is 16.0 Å². The van der Waals surface area contributed by atoms with Crippen LogP contribution in [-0.2, 0) is 4.79 Å². The molecule has 1 aromatic heterocycles. The number of piperazine rings is 1. The predicted molar refractivity (Wildman–Crippen MR) is 79.6 cm³/mol. The first kappa shape index (κ1) is 15.1. The number of rotatable bonds is 4. The van der Waals surface area contributed by atoms with Gasteiger partial charge in [0.1, 0.15) is 0 Å². The van der Waals surface area contributed by atoms with E-state index in [4.69, 9.17) is 5.73 Å². The van der Waals surface area contributed by atoms with Crippen molar-refractivity contribution >= 4 is 23.6 Å². The lowest BCUT2D eigenvalue weighted by Gasteiger charge is -2.29. The van der Waals surface area contributed by atoms with Crippen molar-refractivity contribution in [1.82, 2.24) is 25.0 Å². The highest BCUT2D eigenvalue weighted by Gasteiger charge is 2.25. The maximum atomic E-state index is 12.4. The second kappa shape index (κ2) is 6.45. The van der Waals surface area contributed by atoms with Gasteiger partial charge in [0, 0.05) is 32.2 Å². The average Bonchev–Trinajstić information content (AvgIpc) is 2.79. The van der Waals surface area contributed by atoms with Crippen molar-refractivity contribution in [3.8, 4) is 0 Å². The van der Waals surface area contributed by atoms with E-state index in [1.54, 1.807) is 0 Å². The molecule has 0 radical (unpaired) electrons. The monoisotopic (exact) mass is 298 g/mol. The normalized spacial score (nSPS) is 17.5. The lowest BCUT2D eigenvalue weighted by atomic mass is 10.3. The van der Waals surface area contributed by atoms with Gasteiger partial charge in [0.15, 0.2) is 5.16 Å². The number of hydrogen-bond acceptors (Lipinski definition) is 6. The molecule has 7 nitrogen and oxygen atoms in total. The summed E-state index contributed by atoms with van der Waals surface area (Å²) < 4.78 is 1.85. The fraction of sp³-hybridized carbons (Fsp3) is 0.750. The molecule has 3 N–H and O–H groups in total. The van der Waals surface area contributed by atoms with Gasteiger partial charge in [-0.25, -0.2) is 0 Å². The Morgan fingerprint density at radius 3 is 2.55 bits per heavy atom. The minimum atomic E-state index is -0.186. The molecule has 2 heterocycles. The number of amides is 1. The van der Waals surface area contributed by atoms with E-state index >= 15 is 0 Å². The first-order chi connectivity index (χ1) is 9.50. The summed E-state index contributed by atoms with van der Waals surface area (Å²) in [6, 6.07) is 0.175. The van der Waals surface area contributed by atoms with Crippen molar-refractivity contribution in [1.29, 1.82) is 0 Å². The van der Waals surface area contributed by atoms with E-state index in [-0.39, 0.29) is 17.2 Å². The number of aromatic nitrogens is 3. The molecular weight excluding hydrogens is 276 g/mol. The van der Waals surface area contributed by atoms with Crippen molar-refractivity contribution in [3.05, 3.63) is 0 Å². The Kier molecular flexibility index (Phi) is 4.87. The third kappa shape index (κ3) is 3.24. The molecule has 20 heavy (non-hydrogen) atoms. The van der Waals surface area contributed by atoms with E-state index in [1.807, 2.05) is 30.2 Å². The molecular formula is C12H22N6OS. The minimum absolute atomic E-state index is 0.147. The minimum Gasteiger partial charge on any atom is -0.368 e. The Labute approximate surface area is 123 Å². The molecule has 1 aliphatic rings. The number of hydrogen-bond donors (Lipinski definition) is 2. The van der Waals surface area contributed by atoms with Crippen LogP contribution in [0, 0.1) is 0 Å². The van der Waals surface area contributed by atoms with E-state index in [0.717, 1.165) is 26.2 Å². The molecule has 1 saturated heterocycles. The molecule has 0 spiro atoms. The molecule has 1 unspecified atom stereocenters. The molecule has 0 aromatic carbocycles. The molecule has 1 atom stereocenters. The lowest BCUT2D eigenvalue weighted by Crippen LogP contribution is -2.48. The highest BCUT2D eigenvalue weighted by Crippen LogP contribution is 2.27. The summed E-state index contributed by atoms with van der Waals surface area (Å²) in [6.07, 6.45) is 0. The van der Waals surface area contributed by atoms with Crippen LogP contribution in [0.15, 0.2) is 5.16 Å². The van der Waals surface area contributed by atoms with Crippen LogP contribution in [0.4, 0.5) is 5.95 Å². The first-order valence-electron chi connectivity index (χ1n) is 6.87. The quantitative estimate of drug-likeness (QED) is 0.780. The topological polar surface area (TPSA) is 89.1 Å². The summed E-state index contributed by atoms with van der Waals surface area (Å²) >= 11 is 1.42. The van der Waals surface area contributed by atoms with Gasteiger partial charge in [0.05, 0.1) is 5.25 Å². The van der Waals surface area contributed by atoms with Gasteiger partial charge in [-0.3, -0.25) is 9.36 Å². The summed E-state index contributed by atoms with van der Waals surface area (Å²) in [5.41, 5.74) is 5.81. The van der Waals surface area contributed by atoms with E-state index in [9.17, 15) is 4.79 Å². The fourth-order valence-electron chi connectivity index (χ4n) is 2.20. The van der Waals surface area contributed by atoms with Gasteiger partial charge in [-0.1, -0.05) is 11.8 Å². The van der Waals surface area contributed by atoms with Gasteiger partial charge in [-0.05, 0) is 20.8 Å². The van der Waals surface area contributed by atoms with Crippen LogP contribution >= 0.6 is 11.8 Å². The van der Waals surface area contributed by atoms with Gasteiger partial charge in [-0.2, -0.15) is 0 Å². The van der Waals surface area contributed by atoms with Crippen LogP contribution in [0.2, 0.25) is 0 Å². The number of anilines is 1. The highest BCUT2D eigenvalue weighted by molar-refractivity contribution is 8.00. The number of nitrogens with zero attached hydrogens (tertiary/aromatic N) is 4. The van der Waals surface area contributed by atoms with Crippen molar-refractivity contribution in [2.45, 2.75) is 37.2 Å². The Morgan fingerprint density at radius 2 is 1.95 bits per heavy atom. The molecule has 0 aliphatic carbocycles. The zero-order chi connectivity index (χ0) is 14.7. The van der Waals surface area contributed by atoms with Crippen LogP contribution < -0.4 is 11.1 Å². The SMILES string of the molecule is CC(Sc1nnc(N)n1C(C)C)C(=O)N1CCNCC1. The zero-order valence-electron chi connectivity index (χ0n) is 12.2. The molecule has 112 valence electrons. The van der Waals surface area contributed by atoms with Crippen molar-refractivity contribution < 1.29 is 4.79 Å². The number of nitrogens with one attached hydrogen (secondary N) is 1. The second-order valence-corrected chi connectivity index (χ2v) is 6.45. The maximum absolute atomic E-state index is 12.4. The van der Waals surface area contributed by atoms with Crippen LogP contribution in [0.1, 0.15) is 26.8 Å². The number of nitrogen functional groups attached to an aromatic ring is 1. The summed E-state index contributed by atoms with van der Waals surface area (Å²) in [7, 11) is 0. The molecule has 1 fully saturated rings. The van der Waals surface area contributed by atoms with Gasteiger partial charge in [0.2, 0.25) is 11.9 Å². The predicted octanol–water partition coefficient (Wildman–Crippen LogP) is 0.354. The Balaban J connectivity index is 2.03. The third-order valence-corrected chi connectivity index (χ3v) is 4.31. The fourth-order valence-corrected chi connectivity index (χ4v) is 3.28. The summed E-state index contributed by atoms with van der Waals surface area (Å²) in [4.78, 5) is 14.3. The van der Waals surface area contributed by atoms with Gasteiger partial charge in [0.25, 0.3) is 0 Å². The lowest BCUT2D eigenvalue weighted by molar-refractivity contribution is -0.130. The Morgan fingerprint density at radius 1 is 1.30 bits per heavy atom. The molecule has 2 rings (SSSR count). The Bertz CT molecular complexity index is 469. The summed E-state index contributed by atoms with van der Waals surface area (Å²) in [5, 5.41) is 11.7. The van der Waals surface area contributed by atoms with E-state index < -0.39 is 0 Å². The Hall–Kier alpha value is -1.28. The molecule has 1 aromatic rings. The molecule has 8 heteroatoms. The highest BCUT2D eigenvalue weighted by atomic mass is 32.2. The van der Waals surface area contributed by atoms with Crippen molar-refractivity contribution in [2.24, 2.45) is 0 Å². The van der Waals surface area contributed by atoms with E-state index in [1.165, 1.54) is 11.8 Å². The van der Waals surface area contributed by atoms with Crippen LogP contribution in [0.25, 0.3) is 0 Å². The van der Waals surface area contributed by atoms with E-state index in [0.29, 0.717) is 11.1 Å². The molecule has 0 bridgehead atoms. The van der Waals surface area contributed by atoms with Crippen molar-refractivity contribution in [2.75, 3.05) is 31.9 Å². The van der Waals surface area contributed by atoms with E-state index in [2.05, 4.69) is 15.5 Å². The van der Waals surface area contributed by atoms with Crippen LogP contribution in [-0.4, -0.2) is 57.0 Å². The summed E-state index contributed by atoms with van der Waals surface area (Å²) in [5.74, 6) is 0.540. The number of thioether (sulfide) groups is 1. The maximum Gasteiger partial charge on any atom is 0.235 e. The smallest absolute Gasteiger partial charge is 0.235 e. The number of nitrogens with two attached hydrogens (primary N) is 1. The molecule has 1 amide bonds. The first-order valence-corrected chi connectivity index (χ1v) is 7.75. The zero-order valence-corrected chi connectivity index (χ0v) is 13.0. The molecule has 1 aliphatic heterocycles. The average molecular weight is 298 g/mol. The standard InChI is InChI=1S/C12H22N6OS/c1-8(2)18-11(13)15-16-12(18)20-9(3)10(19)17-6-4-14-5-7-17/h8-9,14H,4-7H2,1-3H3,(H2,13,15). The van der Waals surface area contributed by atoms with Crippen LogP contribution in [0.5, 0.6) is 0 Å². The van der Waals surface area contributed by atoms with Gasteiger partial charge >= 0.3 is 0 Å². The summed E-state index contributed by atoms with van der Waals surface area (Å²) in [6.45, 7) is 9.20. The third-order valence-electron chi connectivity index (χ3n) is 3.27. The van der Waals surface area contributed by atoms with Gasteiger partial charge in [-0.15, -0.1) is 10.2 Å². The van der Waals surface area contributed by atoms with Crippen LogP contribution in [0.3, 0.4) is 0 Å². The van der Waals surface area contributed by atoms with Crippen molar-refractivity contribution in [3.63, 3.8) is 0 Å². The number of carbonyl (C=O) groups is 1. The largest absolute Gasteiger partial charge is 0.368 e. The molecule has 0 saturated carbocycles.